The molecular formula is C5H12ClNO2S. The van der Waals surface area contributed by atoms with Gasteiger partial charge in [-0.25, -0.2) is 8.42 Å². The molecule has 0 rings (SSSR count). The molecule has 0 aliphatic heterocycles. The van der Waals surface area contributed by atoms with E-state index in [0.717, 1.165) is 0 Å². The summed E-state index contributed by atoms with van der Waals surface area (Å²) in [6.07, 6.45) is 0. The minimum absolute atomic E-state index is 0.147. The zero-order valence-corrected chi connectivity index (χ0v) is 7.61. The van der Waals surface area contributed by atoms with Crippen molar-refractivity contribution in [2.24, 2.45) is 11.7 Å². The van der Waals surface area contributed by atoms with Gasteiger partial charge in [0.2, 0.25) is 9.05 Å². The molecule has 0 saturated carbocycles. The number of halogens is 1. The molecule has 2 N–H and O–H groups in total. The average molecular weight is 186 g/mol. The molecule has 1 atom stereocenters. The largest absolute Gasteiger partial charge is 0.327 e. The lowest BCUT2D eigenvalue weighted by Crippen LogP contribution is -2.32. The Bertz CT molecular complexity index is 188. The molecule has 0 fully saturated rings. The van der Waals surface area contributed by atoms with Crippen LogP contribution in [0.2, 0.25) is 0 Å². The zero-order valence-electron chi connectivity index (χ0n) is 6.04. The molecule has 3 nitrogen and oxygen atoms in total. The Morgan fingerprint density at radius 3 is 2.00 bits per heavy atom. The minimum atomic E-state index is -3.42. The minimum Gasteiger partial charge on any atom is -0.327 e. The van der Waals surface area contributed by atoms with E-state index in [-0.39, 0.29) is 17.7 Å². The fourth-order valence-electron chi connectivity index (χ4n) is 0.422. The van der Waals surface area contributed by atoms with Crippen molar-refractivity contribution >= 4 is 19.7 Å². The van der Waals surface area contributed by atoms with Crippen LogP contribution in [0, 0.1) is 5.92 Å². The van der Waals surface area contributed by atoms with Gasteiger partial charge in [-0.15, -0.1) is 0 Å². The fourth-order valence-corrected chi connectivity index (χ4v) is 1.70. The molecule has 0 saturated heterocycles. The molecule has 62 valence electrons. The fraction of sp³-hybridized carbons (Fsp3) is 1.00. The summed E-state index contributed by atoms with van der Waals surface area (Å²) in [4.78, 5) is 0. The number of rotatable bonds is 3. The highest BCUT2D eigenvalue weighted by Gasteiger charge is 2.15. The van der Waals surface area contributed by atoms with Gasteiger partial charge in [0.25, 0.3) is 0 Å². The number of nitrogens with two attached hydrogens (primary N) is 1. The molecular weight excluding hydrogens is 174 g/mol. The normalized spacial score (nSPS) is 15.7. The average Bonchev–Trinajstić information content (AvgIpc) is 1.60. The molecule has 0 aromatic heterocycles. The zero-order chi connectivity index (χ0) is 8.36. The highest BCUT2D eigenvalue weighted by Crippen LogP contribution is 2.05. The Labute approximate surface area is 66.0 Å². The van der Waals surface area contributed by atoms with Crippen LogP contribution in [0.4, 0.5) is 0 Å². The van der Waals surface area contributed by atoms with Gasteiger partial charge in [-0.1, -0.05) is 13.8 Å². The van der Waals surface area contributed by atoms with Gasteiger partial charge in [-0.2, -0.15) is 0 Å². The van der Waals surface area contributed by atoms with Crippen molar-refractivity contribution in [2.75, 3.05) is 5.75 Å². The van der Waals surface area contributed by atoms with E-state index in [1.165, 1.54) is 0 Å². The third kappa shape index (κ3) is 5.02. The van der Waals surface area contributed by atoms with E-state index >= 15 is 0 Å². The molecule has 10 heavy (non-hydrogen) atoms. The summed E-state index contributed by atoms with van der Waals surface area (Å²) < 4.78 is 20.9. The van der Waals surface area contributed by atoms with E-state index in [1.807, 2.05) is 13.8 Å². The maximum absolute atomic E-state index is 10.4. The highest BCUT2D eigenvalue weighted by atomic mass is 35.7. The first-order valence-electron chi connectivity index (χ1n) is 3.01. The maximum Gasteiger partial charge on any atom is 0.234 e. The molecule has 0 bridgehead atoms. The van der Waals surface area contributed by atoms with E-state index in [9.17, 15) is 8.42 Å². The molecule has 0 spiro atoms. The molecule has 5 heteroatoms. The second kappa shape index (κ2) is 3.55. The predicted octanol–water partition coefficient (Wildman–Crippen LogP) is 0.538. The lowest BCUT2D eigenvalue weighted by Gasteiger charge is -2.12. The van der Waals surface area contributed by atoms with Crippen molar-refractivity contribution in [1.29, 1.82) is 0 Å². The van der Waals surface area contributed by atoms with E-state index in [2.05, 4.69) is 0 Å². The molecule has 0 aliphatic carbocycles. The summed E-state index contributed by atoms with van der Waals surface area (Å²) in [6, 6.07) is -0.359. The van der Waals surface area contributed by atoms with E-state index < -0.39 is 9.05 Å². The Morgan fingerprint density at radius 1 is 1.50 bits per heavy atom. The van der Waals surface area contributed by atoms with Crippen molar-refractivity contribution in [1.82, 2.24) is 0 Å². The summed E-state index contributed by atoms with van der Waals surface area (Å²) in [7, 11) is 1.54. The number of hydrogen-bond donors (Lipinski definition) is 1. The van der Waals surface area contributed by atoms with E-state index in [0.29, 0.717) is 0 Å². The smallest absolute Gasteiger partial charge is 0.234 e. The number of hydrogen-bond acceptors (Lipinski definition) is 3. The molecule has 0 radical (unpaired) electrons. The quantitative estimate of drug-likeness (QED) is 0.653. The van der Waals surface area contributed by atoms with Crippen LogP contribution < -0.4 is 5.73 Å². The summed E-state index contributed by atoms with van der Waals surface area (Å²) in [6.45, 7) is 3.71. The lowest BCUT2D eigenvalue weighted by molar-refractivity contribution is 0.520. The maximum atomic E-state index is 10.4. The van der Waals surface area contributed by atoms with Gasteiger partial charge < -0.3 is 5.73 Å². The topological polar surface area (TPSA) is 60.2 Å². The molecule has 0 amide bonds. The first-order valence-corrected chi connectivity index (χ1v) is 5.48. The first-order chi connectivity index (χ1) is 4.33. The van der Waals surface area contributed by atoms with Crippen molar-refractivity contribution in [3.63, 3.8) is 0 Å². The van der Waals surface area contributed by atoms with Gasteiger partial charge in [0, 0.05) is 16.7 Å². The highest BCUT2D eigenvalue weighted by molar-refractivity contribution is 8.13. The Morgan fingerprint density at radius 2 is 1.90 bits per heavy atom. The van der Waals surface area contributed by atoms with Gasteiger partial charge in [0.1, 0.15) is 0 Å². The molecule has 0 heterocycles. The van der Waals surface area contributed by atoms with Crippen LogP contribution >= 0.6 is 10.7 Å². The predicted molar refractivity (Wildman–Crippen MR) is 42.5 cm³/mol. The first kappa shape index (κ1) is 10.2. The van der Waals surface area contributed by atoms with Gasteiger partial charge in [-0.3, -0.25) is 0 Å². The van der Waals surface area contributed by atoms with Crippen LogP contribution in [0.25, 0.3) is 0 Å². The van der Waals surface area contributed by atoms with E-state index in [4.69, 9.17) is 16.4 Å². The van der Waals surface area contributed by atoms with Gasteiger partial charge >= 0.3 is 0 Å². The monoisotopic (exact) mass is 185 g/mol. The molecule has 0 aromatic rings. The Hall–Kier alpha value is 0.200. The van der Waals surface area contributed by atoms with Crippen molar-refractivity contribution in [3.8, 4) is 0 Å². The lowest BCUT2D eigenvalue weighted by atomic mass is 10.1. The van der Waals surface area contributed by atoms with E-state index in [1.54, 1.807) is 0 Å². The molecule has 0 unspecified atom stereocenters. The third-order valence-corrected chi connectivity index (χ3v) is 2.41. The van der Waals surface area contributed by atoms with Crippen molar-refractivity contribution in [3.05, 3.63) is 0 Å². The summed E-state index contributed by atoms with van der Waals surface area (Å²) in [5.41, 5.74) is 5.44. The Kier molecular flexibility index (Phi) is 3.62. The van der Waals surface area contributed by atoms with Crippen LogP contribution in [-0.4, -0.2) is 20.2 Å². The van der Waals surface area contributed by atoms with Crippen molar-refractivity contribution in [2.45, 2.75) is 19.9 Å². The van der Waals surface area contributed by atoms with Crippen LogP contribution in [0.3, 0.4) is 0 Å². The second-order valence-electron chi connectivity index (χ2n) is 2.61. The van der Waals surface area contributed by atoms with Gasteiger partial charge in [0.05, 0.1) is 5.75 Å². The van der Waals surface area contributed by atoms with Crippen molar-refractivity contribution < 1.29 is 8.42 Å². The summed E-state index contributed by atoms with van der Waals surface area (Å²) in [5.74, 6) is 0.000177. The SMILES string of the molecule is CC(C)[C@H](N)CS(=O)(=O)Cl. The van der Waals surface area contributed by atoms with Crippen LogP contribution in [0.1, 0.15) is 13.8 Å². The van der Waals surface area contributed by atoms with Crippen LogP contribution in [0.15, 0.2) is 0 Å². The van der Waals surface area contributed by atoms with Crippen LogP contribution in [0.5, 0.6) is 0 Å². The van der Waals surface area contributed by atoms with Gasteiger partial charge in [0.15, 0.2) is 0 Å². The molecule has 0 aliphatic rings. The Balaban J connectivity index is 3.93. The molecule has 0 aromatic carbocycles. The van der Waals surface area contributed by atoms with Gasteiger partial charge in [-0.05, 0) is 5.92 Å². The standard InChI is InChI=1S/C5H12ClNO2S/c1-4(2)5(7)3-10(6,8)9/h4-5H,3,7H2,1-2H3/t5-/m1/s1. The third-order valence-electron chi connectivity index (χ3n) is 1.25. The summed E-state index contributed by atoms with van der Waals surface area (Å²) >= 11 is 0. The summed E-state index contributed by atoms with van der Waals surface area (Å²) in [5, 5.41) is 0. The second-order valence-corrected chi connectivity index (χ2v) is 5.43. The van der Waals surface area contributed by atoms with Crippen LogP contribution in [-0.2, 0) is 9.05 Å².